The third kappa shape index (κ3) is 4.42. The van der Waals surface area contributed by atoms with E-state index in [1.807, 2.05) is 0 Å². The van der Waals surface area contributed by atoms with Crippen LogP contribution in [0.2, 0.25) is 0 Å². The quantitative estimate of drug-likeness (QED) is 0.821. The number of ether oxygens (including phenoxy) is 1. The summed E-state index contributed by atoms with van der Waals surface area (Å²) in [6, 6.07) is 0. The van der Waals surface area contributed by atoms with Crippen LogP contribution in [-0.2, 0) is 4.74 Å². The number of carboxylic acids is 1. The zero-order chi connectivity index (χ0) is 16.8. The van der Waals surface area contributed by atoms with Crippen LogP contribution in [0.5, 0.6) is 0 Å². The number of anilines is 1. The molecule has 0 spiro atoms. The Bertz CT molecular complexity index is 537. The topological polar surface area (TPSA) is 87.6 Å². The van der Waals surface area contributed by atoms with E-state index in [1.54, 1.807) is 0 Å². The van der Waals surface area contributed by atoms with E-state index >= 15 is 0 Å². The van der Waals surface area contributed by atoms with Crippen molar-refractivity contribution in [2.45, 2.75) is 32.1 Å². The minimum Gasteiger partial charge on any atom is -0.476 e. The van der Waals surface area contributed by atoms with Gasteiger partial charge in [-0.3, -0.25) is 4.90 Å². The first-order valence-corrected chi connectivity index (χ1v) is 8.76. The summed E-state index contributed by atoms with van der Waals surface area (Å²) in [5.74, 6) is -0.406. The number of nitrogens with one attached hydrogen (secondary N) is 1. The molecular formula is C17H26N4O3. The summed E-state index contributed by atoms with van der Waals surface area (Å²) in [6.07, 6.45) is 9.12. The van der Waals surface area contributed by atoms with Crippen LogP contribution >= 0.6 is 0 Å². The highest BCUT2D eigenvalue weighted by Crippen LogP contribution is 2.37. The molecule has 0 aromatic carbocycles. The smallest absolute Gasteiger partial charge is 0.356 e. The second kappa shape index (κ2) is 7.90. The first-order chi connectivity index (χ1) is 11.7. The summed E-state index contributed by atoms with van der Waals surface area (Å²) in [4.78, 5) is 21.5. The van der Waals surface area contributed by atoms with E-state index in [9.17, 15) is 4.79 Å². The number of hydrogen-bond acceptors (Lipinski definition) is 6. The molecule has 132 valence electrons. The van der Waals surface area contributed by atoms with Gasteiger partial charge in [-0.1, -0.05) is 19.3 Å². The van der Waals surface area contributed by atoms with Crippen molar-refractivity contribution in [1.82, 2.24) is 14.9 Å². The van der Waals surface area contributed by atoms with Crippen LogP contribution in [0.4, 0.5) is 5.82 Å². The normalized spacial score (nSPS) is 21.3. The molecule has 1 saturated heterocycles. The van der Waals surface area contributed by atoms with E-state index in [-0.39, 0.29) is 11.1 Å². The van der Waals surface area contributed by atoms with Gasteiger partial charge in [0.15, 0.2) is 5.69 Å². The van der Waals surface area contributed by atoms with Crippen molar-refractivity contribution < 1.29 is 14.6 Å². The molecule has 0 radical (unpaired) electrons. The van der Waals surface area contributed by atoms with Crippen molar-refractivity contribution in [2.24, 2.45) is 5.41 Å². The molecular weight excluding hydrogens is 308 g/mol. The van der Waals surface area contributed by atoms with E-state index in [4.69, 9.17) is 9.84 Å². The van der Waals surface area contributed by atoms with Crippen LogP contribution in [0, 0.1) is 5.41 Å². The van der Waals surface area contributed by atoms with Gasteiger partial charge in [-0.05, 0) is 12.8 Å². The molecule has 2 aliphatic rings. The van der Waals surface area contributed by atoms with Gasteiger partial charge in [0.05, 0.1) is 25.6 Å². The molecule has 0 unspecified atom stereocenters. The molecule has 7 heteroatoms. The van der Waals surface area contributed by atoms with E-state index in [0.29, 0.717) is 5.82 Å². The summed E-state index contributed by atoms with van der Waals surface area (Å²) >= 11 is 0. The average Bonchev–Trinajstić information content (AvgIpc) is 2.62. The average molecular weight is 334 g/mol. The lowest BCUT2D eigenvalue weighted by molar-refractivity contribution is 0.0102. The van der Waals surface area contributed by atoms with Crippen molar-refractivity contribution in [3.05, 3.63) is 18.1 Å². The molecule has 2 heterocycles. The molecule has 0 atom stereocenters. The Morgan fingerprint density at radius 1 is 1.21 bits per heavy atom. The highest BCUT2D eigenvalue weighted by atomic mass is 16.5. The van der Waals surface area contributed by atoms with Gasteiger partial charge >= 0.3 is 5.97 Å². The SMILES string of the molecule is O=C(O)c1cnc(NCC2(CN3CCOCC3)CCCCC2)cn1. The molecule has 2 N–H and O–H groups in total. The van der Waals surface area contributed by atoms with Crippen molar-refractivity contribution in [3.63, 3.8) is 0 Å². The minimum atomic E-state index is -1.05. The van der Waals surface area contributed by atoms with Crippen LogP contribution in [0.25, 0.3) is 0 Å². The Kier molecular flexibility index (Phi) is 5.63. The monoisotopic (exact) mass is 334 g/mol. The molecule has 1 aliphatic carbocycles. The van der Waals surface area contributed by atoms with E-state index in [2.05, 4.69) is 20.2 Å². The lowest BCUT2D eigenvalue weighted by Gasteiger charge is -2.42. The maximum atomic E-state index is 10.9. The van der Waals surface area contributed by atoms with Crippen LogP contribution in [0.15, 0.2) is 12.4 Å². The van der Waals surface area contributed by atoms with Gasteiger partial charge in [-0.2, -0.15) is 0 Å². The first-order valence-electron chi connectivity index (χ1n) is 8.76. The predicted octanol–water partition coefficient (Wildman–Crippen LogP) is 1.87. The van der Waals surface area contributed by atoms with Gasteiger partial charge in [-0.25, -0.2) is 14.8 Å². The van der Waals surface area contributed by atoms with Crippen molar-refractivity contribution in [1.29, 1.82) is 0 Å². The van der Waals surface area contributed by atoms with E-state index < -0.39 is 5.97 Å². The standard InChI is InChI=1S/C17H26N4O3/c22-16(23)14-10-19-15(11-18-14)20-12-17(4-2-1-3-5-17)13-21-6-8-24-9-7-21/h10-11H,1-9,12-13H2,(H,19,20)(H,22,23). The fourth-order valence-corrected chi connectivity index (χ4v) is 3.73. The largest absolute Gasteiger partial charge is 0.476 e. The molecule has 0 bridgehead atoms. The van der Waals surface area contributed by atoms with Gasteiger partial charge in [0.2, 0.25) is 0 Å². The molecule has 1 aromatic rings. The van der Waals surface area contributed by atoms with Gasteiger partial charge in [0.1, 0.15) is 5.82 Å². The number of nitrogens with zero attached hydrogens (tertiary/aromatic N) is 3. The Morgan fingerprint density at radius 3 is 2.58 bits per heavy atom. The summed E-state index contributed by atoms with van der Waals surface area (Å²) < 4.78 is 5.46. The molecule has 1 saturated carbocycles. The maximum absolute atomic E-state index is 10.9. The van der Waals surface area contributed by atoms with Crippen LogP contribution in [0.3, 0.4) is 0 Å². The number of carboxylic acid groups (broad SMARTS) is 1. The first kappa shape index (κ1) is 17.1. The molecule has 1 aromatic heterocycles. The number of morpholine rings is 1. The van der Waals surface area contributed by atoms with Gasteiger partial charge in [0, 0.05) is 31.6 Å². The van der Waals surface area contributed by atoms with Crippen molar-refractivity contribution in [3.8, 4) is 0 Å². The number of aromatic carboxylic acids is 1. The Morgan fingerprint density at radius 2 is 1.96 bits per heavy atom. The summed E-state index contributed by atoms with van der Waals surface area (Å²) in [5.41, 5.74) is 0.226. The maximum Gasteiger partial charge on any atom is 0.356 e. The number of hydrogen-bond donors (Lipinski definition) is 2. The van der Waals surface area contributed by atoms with Gasteiger partial charge in [-0.15, -0.1) is 0 Å². The Labute approximate surface area is 142 Å². The summed E-state index contributed by atoms with van der Waals surface area (Å²) in [5, 5.41) is 12.3. The molecule has 3 rings (SSSR count). The van der Waals surface area contributed by atoms with E-state index in [0.717, 1.165) is 39.4 Å². The summed E-state index contributed by atoms with van der Waals surface area (Å²) in [7, 11) is 0. The van der Waals surface area contributed by atoms with Crippen LogP contribution in [0.1, 0.15) is 42.6 Å². The molecule has 7 nitrogen and oxygen atoms in total. The Balaban J connectivity index is 1.61. The zero-order valence-electron chi connectivity index (χ0n) is 14.0. The fourth-order valence-electron chi connectivity index (χ4n) is 3.73. The zero-order valence-corrected chi connectivity index (χ0v) is 14.0. The van der Waals surface area contributed by atoms with Crippen LogP contribution < -0.4 is 5.32 Å². The van der Waals surface area contributed by atoms with Gasteiger partial charge < -0.3 is 15.2 Å². The number of aromatic nitrogens is 2. The second-order valence-corrected chi connectivity index (χ2v) is 6.89. The summed E-state index contributed by atoms with van der Waals surface area (Å²) in [6.45, 7) is 5.61. The third-order valence-electron chi connectivity index (χ3n) is 5.09. The third-order valence-corrected chi connectivity index (χ3v) is 5.09. The predicted molar refractivity (Wildman–Crippen MR) is 90.3 cm³/mol. The highest BCUT2D eigenvalue weighted by molar-refractivity contribution is 5.84. The number of carbonyl (C=O) groups is 1. The molecule has 2 fully saturated rings. The highest BCUT2D eigenvalue weighted by Gasteiger charge is 2.34. The van der Waals surface area contributed by atoms with Crippen molar-refractivity contribution >= 4 is 11.8 Å². The fraction of sp³-hybridized carbons (Fsp3) is 0.706. The van der Waals surface area contributed by atoms with Crippen molar-refractivity contribution in [2.75, 3.05) is 44.7 Å². The van der Waals surface area contributed by atoms with Gasteiger partial charge in [0.25, 0.3) is 0 Å². The molecule has 0 amide bonds. The van der Waals surface area contributed by atoms with Crippen LogP contribution in [-0.4, -0.2) is 65.3 Å². The second-order valence-electron chi connectivity index (χ2n) is 6.89. The molecule has 1 aliphatic heterocycles. The van der Waals surface area contributed by atoms with E-state index in [1.165, 1.54) is 44.5 Å². The lowest BCUT2D eigenvalue weighted by atomic mass is 9.73. The molecule has 24 heavy (non-hydrogen) atoms. The lowest BCUT2D eigenvalue weighted by Crippen LogP contribution is -2.47. The minimum absolute atomic E-state index is 0.0266. The Hall–Kier alpha value is -1.73. The number of rotatable bonds is 6.